The minimum atomic E-state index is -0.983. The monoisotopic (exact) mass is 271 g/mol. The predicted octanol–water partition coefficient (Wildman–Crippen LogP) is 0.755. The first-order valence-electron chi connectivity index (χ1n) is 5.57. The first-order chi connectivity index (χ1) is 8.86. The third kappa shape index (κ3) is 3.64. The molecule has 1 rings (SSSR count). The molecule has 0 saturated carbocycles. The molecule has 104 valence electrons. The third-order valence-corrected chi connectivity index (χ3v) is 2.62. The summed E-state index contributed by atoms with van der Waals surface area (Å²) in [6.07, 6.45) is 0.0943. The van der Waals surface area contributed by atoms with Crippen LogP contribution < -0.4 is 11.1 Å². The molecule has 0 heterocycles. The van der Waals surface area contributed by atoms with Crippen molar-refractivity contribution in [3.63, 3.8) is 0 Å². The highest BCUT2D eigenvalue weighted by atomic mass is 19.1. The number of anilines is 1. The largest absolute Gasteiger partial charge is 0.396 e. The molecule has 19 heavy (non-hydrogen) atoms. The van der Waals surface area contributed by atoms with E-state index in [1.54, 1.807) is 0 Å². The molecule has 5 nitrogen and oxygen atoms in total. The van der Waals surface area contributed by atoms with Crippen molar-refractivity contribution in [2.45, 2.75) is 6.42 Å². The molecule has 0 aliphatic carbocycles. The van der Waals surface area contributed by atoms with Crippen LogP contribution in [-0.4, -0.2) is 37.4 Å². The second-order valence-corrected chi connectivity index (χ2v) is 4.00. The van der Waals surface area contributed by atoms with Gasteiger partial charge in [0.25, 0.3) is 5.91 Å². The van der Waals surface area contributed by atoms with Crippen LogP contribution in [0.1, 0.15) is 16.8 Å². The molecule has 0 radical (unpaired) electrons. The summed E-state index contributed by atoms with van der Waals surface area (Å²) in [7, 11) is 2.90. The highest BCUT2D eigenvalue weighted by Crippen LogP contribution is 2.18. The number of carbonyl (C=O) groups excluding carboxylic acids is 2. The Morgan fingerprint density at radius 3 is 2.53 bits per heavy atom. The quantitative estimate of drug-likeness (QED) is 0.794. The van der Waals surface area contributed by atoms with Crippen molar-refractivity contribution in [2.75, 3.05) is 26.4 Å². The van der Waals surface area contributed by atoms with Gasteiger partial charge in [0.2, 0.25) is 5.91 Å². The molecule has 1 aromatic carbocycles. The highest BCUT2D eigenvalue weighted by Gasteiger charge is 2.18. The molecule has 2 amide bonds. The Morgan fingerprint density at radius 1 is 1.32 bits per heavy atom. The van der Waals surface area contributed by atoms with Crippen LogP contribution in [0.15, 0.2) is 12.1 Å². The Hall–Kier alpha value is -2.18. The molecule has 0 aromatic heterocycles. The molecule has 0 aliphatic rings. The summed E-state index contributed by atoms with van der Waals surface area (Å²) >= 11 is 0. The van der Waals surface area contributed by atoms with Crippen LogP contribution in [0.4, 0.5) is 14.5 Å². The number of hydrogen-bond donors (Lipinski definition) is 2. The summed E-state index contributed by atoms with van der Waals surface area (Å²) in [5.74, 6) is -2.79. The van der Waals surface area contributed by atoms with Crippen molar-refractivity contribution >= 4 is 17.5 Å². The number of amides is 2. The second-order valence-electron chi connectivity index (χ2n) is 4.00. The van der Waals surface area contributed by atoms with Crippen molar-refractivity contribution in [1.29, 1.82) is 0 Å². The SMILES string of the molecule is CNC(=O)CCN(C)C(=O)c1cc(N)c(F)cc1F. The Labute approximate surface area is 109 Å². The van der Waals surface area contributed by atoms with Crippen molar-refractivity contribution in [1.82, 2.24) is 10.2 Å². The molecule has 0 atom stereocenters. The molecular weight excluding hydrogens is 256 g/mol. The van der Waals surface area contributed by atoms with E-state index in [-0.39, 0.29) is 30.1 Å². The molecule has 7 heteroatoms. The Balaban J connectivity index is 2.82. The second kappa shape index (κ2) is 6.12. The normalized spacial score (nSPS) is 10.1. The van der Waals surface area contributed by atoms with Crippen LogP contribution >= 0.6 is 0 Å². The lowest BCUT2D eigenvalue weighted by molar-refractivity contribution is -0.120. The zero-order chi connectivity index (χ0) is 14.6. The van der Waals surface area contributed by atoms with Gasteiger partial charge in [0.15, 0.2) is 0 Å². The summed E-state index contributed by atoms with van der Waals surface area (Å²) in [5, 5.41) is 2.41. The number of nitrogens with one attached hydrogen (secondary N) is 1. The van der Waals surface area contributed by atoms with Gasteiger partial charge >= 0.3 is 0 Å². The van der Waals surface area contributed by atoms with E-state index in [1.807, 2.05) is 0 Å². The van der Waals surface area contributed by atoms with Gasteiger partial charge in [0.1, 0.15) is 11.6 Å². The summed E-state index contributed by atoms with van der Waals surface area (Å²) in [4.78, 5) is 24.1. The zero-order valence-corrected chi connectivity index (χ0v) is 10.7. The molecule has 0 saturated heterocycles. The molecule has 1 aromatic rings. The maximum atomic E-state index is 13.5. The van der Waals surface area contributed by atoms with Crippen LogP contribution in [0.3, 0.4) is 0 Å². The van der Waals surface area contributed by atoms with E-state index in [2.05, 4.69) is 5.32 Å². The summed E-state index contributed by atoms with van der Waals surface area (Å²) in [6.45, 7) is 0.120. The van der Waals surface area contributed by atoms with E-state index >= 15 is 0 Å². The Morgan fingerprint density at radius 2 is 1.95 bits per heavy atom. The number of nitrogens with zero attached hydrogens (tertiary/aromatic N) is 1. The van der Waals surface area contributed by atoms with Crippen LogP contribution in [0.25, 0.3) is 0 Å². The number of halogens is 2. The first-order valence-corrected chi connectivity index (χ1v) is 5.57. The molecule has 0 bridgehead atoms. The average molecular weight is 271 g/mol. The van der Waals surface area contributed by atoms with Crippen molar-refractivity contribution < 1.29 is 18.4 Å². The standard InChI is InChI=1S/C12H15F2N3O2/c1-16-11(18)3-4-17(2)12(19)7-5-10(15)9(14)6-8(7)13/h5-6H,3-4,15H2,1-2H3,(H,16,18). The lowest BCUT2D eigenvalue weighted by Gasteiger charge is -2.17. The van der Waals surface area contributed by atoms with E-state index in [9.17, 15) is 18.4 Å². The lowest BCUT2D eigenvalue weighted by atomic mass is 10.1. The molecule has 0 aliphatic heterocycles. The number of nitrogens with two attached hydrogens (primary N) is 1. The van der Waals surface area contributed by atoms with Gasteiger partial charge in [-0.1, -0.05) is 0 Å². The lowest BCUT2D eigenvalue weighted by Crippen LogP contribution is -2.32. The van der Waals surface area contributed by atoms with Gasteiger partial charge in [0, 0.05) is 33.1 Å². The van der Waals surface area contributed by atoms with Crippen LogP contribution in [0.2, 0.25) is 0 Å². The van der Waals surface area contributed by atoms with Gasteiger partial charge in [-0.05, 0) is 6.07 Å². The van der Waals surface area contributed by atoms with E-state index in [1.165, 1.54) is 19.0 Å². The number of carbonyl (C=O) groups is 2. The van der Waals surface area contributed by atoms with E-state index in [0.29, 0.717) is 6.07 Å². The minimum absolute atomic E-state index is 0.0943. The number of rotatable bonds is 4. The zero-order valence-electron chi connectivity index (χ0n) is 10.7. The third-order valence-electron chi connectivity index (χ3n) is 2.62. The topological polar surface area (TPSA) is 75.4 Å². The molecule has 0 unspecified atom stereocenters. The highest BCUT2D eigenvalue weighted by molar-refractivity contribution is 5.95. The van der Waals surface area contributed by atoms with Crippen LogP contribution in [0, 0.1) is 11.6 Å². The fourth-order valence-corrected chi connectivity index (χ4v) is 1.43. The number of hydrogen-bond acceptors (Lipinski definition) is 3. The van der Waals surface area contributed by atoms with E-state index in [0.717, 1.165) is 6.07 Å². The van der Waals surface area contributed by atoms with Crippen LogP contribution in [-0.2, 0) is 4.79 Å². The number of benzene rings is 1. The van der Waals surface area contributed by atoms with Gasteiger partial charge in [-0.3, -0.25) is 9.59 Å². The van der Waals surface area contributed by atoms with Gasteiger partial charge in [0.05, 0.1) is 11.3 Å². The maximum Gasteiger partial charge on any atom is 0.256 e. The van der Waals surface area contributed by atoms with Crippen molar-refractivity contribution in [3.8, 4) is 0 Å². The van der Waals surface area contributed by atoms with Crippen molar-refractivity contribution in [2.24, 2.45) is 0 Å². The summed E-state index contributed by atoms with van der Waals surface area (Å²) < 4.78 is 26.5. The predicted molar refractivity (Wildman–Crippen MR) is 66.4 cm³/mol. The average Bonchev–Trinajstić information content (AvgIpc) is 2.38. The Kier molecular flexibility index (Phi) is 4.80. The smallest absolute Gasteiger partial charge is 0.256 e. The summed E-state index contributed by atoms with van der Waals surface area (Å²) in [6, 6.07) is 1.51. The number of nitrogen functional groups attached to an aromatic ring is 1. The maximum absolute atomic E-state index is 13.5. The molecular formula is C12H15F2N3O2. The molecule has 0 fully saturated rings. The van der Waals surface area contributed by atoms with Gasteiger partial charge in [-0.2, -0.15) is 0 Å². The molecule has 0 spiro atoms. The minimum Gasteiger partial charge on any atom is -0.396 e. The van der Waals surface area contributed by atoms with E-state index < -0.39 is 17.5 Å². The van der Waals surface area contributed by atoms with Gasteiger partial charge in [-0.15, -0.1) is 0 Å². The van der Waals surface area contributed by atoms with Gasteiger partial charge < -0.3 is 16.0 Å². The van der Waals surface area contributed by atoms with E-state index in [4.69, 9.17) is 5.73 Å². The fraction of sp³-hybridized carbons (Fsp3) is 0.333. The van der Waals surface area contributed by atoms with Crippen molar-refractivity contribution in [3.05, 3.63) is 29.3 Å². The fourth-order valence-electron chi connectivity index (χ4n) is 1.43. The van der Waals surface area contributed by atoms with Crippen LogP contribution in [0.5, 0.6) is 0 Å². The van der Waals surface area contributed by atoms with Gasteiger partial charge in [-0.25, -0.2) is 8.78 Å². The Bertz CT molecular complexity index is 506. The first kappa shape index (κ1) is 14.9. The molecule has 3 N–H and O–H groups in total. The summed E-state index contributed by atoms with van der Waals surface area (Å²) in [5.41, 5.74) is 4.67.